The summed E-state index contributed by atoms with van der Waals surface area (Å²) in [6.07, 6.45) is 1.80. The first kappa shape index (κ1) is 18.6. The van der Waals surface area contributed by atoms with Crippen LogP contribution in [0.1, 0.15) is 18.9 Å². The summed E-state index contributed by atoms with van der Waals surface area (Å²) in [6, 6.07) is 5.72. The fraction of sp³-hybridized carbons (Fsp3) is 0.562. The Balaban J connectivity index is 0.00000242. The molecule has 0 bridgehead atoms. The van der Waals surface area contributed by atoms with E-state index in [0.29, 0.717) is 19.6 Å². The van der Waals surface area contributed by atoms with E-state index in [9.17, 15) is 4.79 Å². The van der Waals surface area contributed by atoms with Gasteiger partial charge in [0.2, 0.25) is 5.91 Å². The third-order valence-corrected chi connectivity index (χ3v) is 3.57. The van der Waals surface area contributed by atoms with Crippen LogP contribution in [0.5, 0.6) is 11.5 Å². The van der Waals surface area contributed by atoms with Crippen LogP contribution in [0.4, 0.5) is 0 Å². The lowest BCUT2D eigenvalue weighted by atomic mass is 9.96. The van der Waals surface area contributed by atoms with Gasteiger partial charge in [0, 0.05) is 13.1 Å². The minimum atomic E-state index is -0.129. The van der Waals surface area contributed by atoms with E-state index >= 15 is 0 Å². The van der Waals surface area contributed by atoms with Gasteiger partial charge in [-0.15, -0.1) is 12.4 Å². The molecule has 124 valence electrons. The maximum absolute atomic E-state index is 12.1. The van der Waals surface area contributed by atoms with Crippen molar-refractivity contribution in [1.82, 2.24) is 10.6 Å². The molecule has 0 saturated carbocycles. The SMILES string of the molecule is CCCNCCNC(=O)C1COc2ccc(OC)cc2C1.Cl. The van der Waals surface area contributed by atoms with Crippen LogP contribution in [0.3, 0.4) is 0 Å². The number of nitrogens with one attached hydrogen (secondary N) is 2. The molecule has 6 heteroatoms. The molecule has 1 amide bonds. The average molecular weight is 329 g/mol. The summed E-state index contributed by atoms with van der Waals surface area (Å²) in [7, 11) is 1.64. The highest BCUT2D eigenvalue weighted by molar-refractivity contribution is 5.85. The van der Waals surface area contributed by atoms with Gasteiger partial charge in [-0.3, -0.25) is 4.79 Å². The topological polar surface area (TPSA) is 59.6 Å². The predicted molar refractivity (Wildman–Crippen MR) is 89.1 cm³/mol. The predicted octanol–water partition coefficient (Wildman–Crippen LogP) is 1.78. The Kier molecular flexibility index (Phi) is 8.06. The summed E-state index contributed by atoms with van der Waals surface area (Å²) in [5, 5.41) is 6.22. The third kappa shape index (κ3) is 5.07. The van der Waals surface area contributed by atoms with Crippen LogP contribution in [-0.4, -0.2) is 39.3 Å². The van der Waals surface area contributed by atoms with Crippen molar-refractivity contribution in [3.8, 4) is 11.5 Å². The van der Waals surface area contributed by atoms with Gasteiger partial charge in [-0.25, -0.2) is 0 Å². The summed E-state index contributed by atoms with van der Waals surface area (Å²) in [5.74, 6) is 1.57. The lowest BCUT2D eigenvalue weighted by Crippen LogP contribution is -2.40. The maximum atomic E-state index is 12.1. The van der Waals surface area contributed by atoms with Gasteiger partial charge in [0.05, 0.1) is 13.0 Å². The quantitative estimate of drug-likeness (QED) is 0.749. The number of halogens is 1. The normalized spacial score (nSPS) is 16.0. The van der Waals surface area contributed by atoms with Gasteiger partial charge < -0.3 is 20.1 Å². The number of ether oxygens (including phenoxy) is 2. The molecule has 2 N–H and O–H groups in total. The highest BCUT2D eigenvalue weighted by Crippen LogP contribution is 2.30. The zero-order valence-electron chi connectivity index (χ0n) is 13.2. The fourth-order valence-electron chi connectivity index (χ4n) is 2.39. The number of benzene rings is 1. The summed E-state index contributed by atoms with van der Waals surface area (Å²) in [6.45, 7) is 5.00. The van der Waals surface area contributed by atoms with Gasteiger partial charge in [0.1, 0.15) is 18.1 Å². The van der Waals surface area contributed by atoms with Crippen LogP contribution in [0.2, 0.25) is 0 Å². The first-order valence-corrected chi connectivity index (χ1v) is 7.52. The van der Waals surface area contributed by atoms with E-state index in [2.05, 4.69) is 17.6 Å². The standard InChI is InChI=1S/C16H24N2O3.ClH/c1-3-6-17-7-8-18-16(19)13-9-12-10-14(20-2)4-5-15(12)21-11-13;/h4-5,10,13,17H,3,6-9,11H2,1-2H3,(H,18,19);1H. The van der Waals surface area contributed by atoms with E-state index in [-0.39, 0.29) is 24.2 Å². The van der Waals surface area contributed by atoms with Crippen LogP contribution in [0, 0.1) is 5.92 Å². The number of hydrogen-bond acceptors (Lipinski definition) is 4. The lowest BCUT2D eigenvalue weighted by Gasteiger charge is -2.25. The number of methoxy groups -OCH3 is 1. The van der Waals surface area contributed by atoms with Gasteiger partial charge in [-0.05, 0) is 43.1 Å². The molecular weight excluding hydrogens is 304 g/mol. The lowest BCUT2D eigenvalue weighted by molar-refractivity contribution is -0.126. The van der Waals surface area contributed by atoms with Crippen molar-refractivity contribution in [1.29, 1.82) is 0 Å². The molecule has 0 aromatic heterocycles. The smallest absolute Gasteiger partial charge is 0.226 e. The maximum Gasteiger partial charge on any atom is 0.226 e. The molecule has 0 saturated heterocycles. The fourth-order valence-corrected chi connectivity index (χ4v) is 2.39. The van der Waals surface area contributed by atoms with Crippen LogP contribution < -0.4 is 20.1 Å². The molecule has 1 heterocycles. The Bertz CT molecular complexity index is 482. The molecule has 1 aromatic rings. The van der Waals surface area contributed by atoms with Gasteiger partial charge in [-0.1, -0.05) is 6.92 Å². The molecule has 5 nitrogen and oxygen atoms in total. The zero-order valence-corrected chi connectivity index (χ0v) is 14.0. The van der Waals surface area contributed by atoms with Gasteiger partial charge >= 0.3 is 0 Å². The van der Waals surface area contributed by atoms with Crippen molar-refractivity contribution in [3.05, 3.63) is 23.8 Å². The Labute approximate surface area is 138 Å². The molecule has 0 fully saturated rings. The van der Waals surface area contributed by atoms with Crippen LogP contribution >= 0.6 is 12.4 Å². The minimum absolute atomic E-state index is 0. The average Bonchev–Trinajstić information content (AvgIpc) is 2.53. The van der Waals surface area contributed by atoms with Gasteiger partial charge in [0.15, 0.2) is 0 Å². The Hall–Kier alpha value is -1.46. The Morgan fingerprint density at radius 1 is 1.36 bits per heavy atom. The summed E-state index contributed by atoms with van der Waals surface area (Å²) >= 11 is 0. The Morgan fingerprint density at radius 3 is 2.91 bits per heavy atom. The molecule has 1 atom stereocenters. The van der Waals surface area contributed by atoms with Crippen molar-refractivity contribution < 1.29 is 14.3 Å². The van der Waals surface area contributed by atoms with E-state index in [4.69, 9.17) is 9.47 Å². The number of carbonyl (C=O) groups is 1. The number of hydrogen-bond donors (Lipinski definition) is 2. The van der Waals surface area contributed by atoms with E-state index in [1.54, 1.807) is 7.11 Å². The van der Waals surface area contributed by atoms with E-state index in [1.807, 2.05) is 18.2 Å². The first-order chi connectivity index (χ1) is 10.2. The minimum Gasteiger partial charge on any atom is -0.497 e. The second-order valence-electron chi connectivity index (χ2n) is 5.23. The van der Waals surface area contributed by atoms with E-state index in [0.717, 1.165) is 36.6 Å². The molecule has 1 aromatic carbocycles. The molecule has 1 aliphatic rings. The summed E-state index contributed by atoms with van der Waals surface area (Å²) in [5.41, 5.74) is 1.03. The van der Waals surface area contributed by atoms with Crippen molar-refractivity contribution >= 4 is 18.3 Å². The number of fused-ring (bicyclic) bond motifs is 1. The Morgan fingerprint density at radius 2 is 2.18 bits per heavy atom. The van der Waals surface area contributed by atoms with E-state index < -0.39 is 0 Å². The van der Waals surface area contributed by atoms with Crippen LogP contribution in [0.15, 0.2) is 18.2 Å². The molecule has 0 spiro atoms. The number of carbonyl (C=O) groups excluding carboxylic acids is 1. The molecule has 0 aliphatic carbocycles. The van der Waals surface area contributed by atoms with E-state index in [1.165, 1.54) is 0 Å². The van der Waals surface area contributed by atoms with Crippen molar-refractivity contribution in [2.24, 2.45) is 5.92 Å². The molecular formula is C16H25ClN2O3. The van der Waals surface area contributed by atoms with Crippen molar-refractivity contribution in [2.75, 3.05) is 33.4 Å². The van der Waals surface area contributed by atoms with Crippen molar-refractivity contribution in [3.63, 3.8) is 0 Å². The second kappa shape index (κ2) is 9.54. The molecule has 2 rings (SSSR count). The summed E-state index contributed by atoms with van der Waals surface area (Å²) in [4.78, 5) is 12.1. The highest BCUT2D eigenvalue weighted by atomic mass is 35.5. The molecule has 1 aliphatic heterocycles. The monoisotopic (exact) mass is 328 g/mol. The number of rotatable bonds is 7. The van der Waals surface area contributed by atoms with Crippen LogP contribution in [-0.2, 0) is 11.2 Å². The molecule has 1 unspecified atom stereocenters. The summed E-state index contributed by atoms with van der Waals surface area (Å²) < 4.78 is 10.9. The largest absolute Gasteiger partial charge is 0.497 e. The van der Waals surface area contributed by atoms with Gasteiger partial charge in [-0.2, -0.15) is 0 Å². The zero-order chi connectivity index (χ0) is 15.1. The highest BCUT2D eigenvalue weighted by Gasteiger charge is 2.26. The molecule has 0 radical (unpaired) electrons. The van der Waals surface area contributed by atoms with Gasteiger partial charge in [0.25, 0.3) is 0 Å². The molecule has 22 heavy (non-hydrogen) atoms. The number of amides is 1. The first-order valence-electron chi connectivity index (χ1n) is 7.52. The van der Waals surface area contributed by atoms with Crippen molar-refractivity contribution in [2.45, 2.75) is 19.8 Å². The van der Waals surface area contributed by atoms with Crippen LogP contribution in [0.25, 0.3) is 0 Å². The third-order valence-electron chi connectivity index (χ3n) is 3.57. The second-order valence-corrected chi connectivity index (χ2v) is 5.23.